The van der Waals surface area contributed by atoms with Gasteiger partial charge in [0.2, 0.25) is 5.91 Å². The first-order valence-corrected chi connectivity index (χ1v) is 8.11. The summed E-state index contributed by atoms with van der Waals surface area (Å²) in [5.41, 5.74) is -0.0482. The zero-order valence-corrected chi connectivity index (χ0v) is 13.3. The van der Waals surface area contributed by atoms with Crippen LogP contribution in [0, 0.1) is 5.41 Å². The Morgan fingerprint density at radius 3 is 2.62 bits per heavy atom. The number of benzene rings is 1. The summed E-state index contributed by atoms with van der Waals surface area (Å²) in [7, 11) is 0. The van der Waals surface area contributed by atoms with Gasteiger partial charge in [0.15, 0.2) is 0 Å². The maximum Gasteiger partial charge on any atom is 0.311 e. The van der Waals surface area contributed by atoms with E-state index in [1.54, 1.807) is 12.1 Å². The van der Waals surface area contributed by atoms with E-state index in [2.05, 4.69) is 10.3 Å². The number of aliphatic carboxylic acids is 1. The maximum absolute atomic E-state index is 12.2. The third kappa shape index (κ3) is 3.18. The molecule has 0 saturated heterocycles. The van der Waals surface area contributed by atoms with Gasteiger partial charge in [-0.2, -0.15) is 0 Å². The van der Waals surface area contributed by atoms with E-state index in [1.165, 1.54) is 0 Å². The highest BCUT2D eigenvalue weighted by atomic mass is 16.4. The monoisotopic (exact) mass is 328 g/mol. The Kier molecular flexibility index (Phi) is 4.38. The summed E-state index contributed by atoms with van der Waals surface area (Å²) in [6, 6.07) is 9.07. The molecule has 3 N–H and O–H groups in total. The number of hydrogen-bond donors (Lipinski definition) is 3. The van der Waals surface area contributed by atoms with Crippen LogP contribution in [0.2, 0.25) is 0 Å². The standard InChI is InChI=1S/C18H20N2O4/c21-15(19-11-18(17(23)24)7-3-4-8-18)10-13-9-12-5-1-2-6-14(12)20-16(13)22/h1-2,5-6,9H,3-4,7-8,10-11H2,(H,19,21)(H,20,22)(H,23,24). The lowest BCUT2D eigenvalue weighted by Crippen LogP contribution is -2.42. The molecule has 1 saturated carbocycles. The first kappa shape index (κ1) is 16.2. The van der Waals surface area contributed by atoms with Crippen LogP contribution in [0.15, 0.2) is 35.1 Å². The van der Waals surface area contributed by atoms with Gasteiger partial charge in [-0.15, -0.1) is 0 Å². The van der Waals surface area contributed by atoms with Crippen LogP contribution < -0.4 is 10.9 Å². The molecule has 1 aromatic carbocycles. The fourth-order valence-electron chi connectivity index (χ4n) is 3.35. The first-order valence-electron chi connectivity index (χ1n) is 8.11. The van der Waals surface area contributed by atoms with E-state index in [-0.39, 0.29) is 24.4 Å². The predicted octanol–water partition coefficient (Wildman–Crippen LogP) is 1.83. The molecule has 0 aliphatic heterocycles. The van der Waals surface area contributed by atoms with E-state index in [4.69, 9.17) is 0 Å². The number of nitrogens with one attached hydrogen (secondary N) is 2. The molecule has 2 aromatic rings. The molecule has 1 fully saturated rings. The number of pyridine rings is 1. The number of aromatic nitrogens is 1. The second kappa shape index (κ2) is 6.47. The zero-order chi connectivity index (χ0) is 17.2. The summed E-state index contributed by atoms with van der Waals surface area (Å²) in [5.74, 6) is -1.19. The Hall–Kier alpha value is -2.63. The Balaban J connectivity index is 1.70. The fourth-order valence-corrected chi connectivity index (χ4v) is 3.35. The van der Waals surface area contributed by atoms with Crippen LogP contribution >= 0.6 is 0 Å². The lowest BCUT2D eigenvalue weighted by Gasteiger charge is -2.23. The van der Waals surface area contributed by atoms with Gasteiger partial charge in [0.05, 0.1) is 11.8 Å². The van der Waals surface area contributed by atoms with Gasteiger partial charge in [0, 0.05) is 17.6 Å². The molecule has 1 heterocycles. The van der Waals surface area contributed by atoms with Gasteiger partial charge >= 0.3 is 5.97 Å². The number of carbonyl (C=O) groups excluding carboxylic acids is 1. The van der Waals surface area contributed by atoms with Crippen LogP contribution in [0.5, 0.6) is 0 Å². The summed E-state index contributed by atoms with van der Waals surface area (Å²) in [6.45, 7) is 0.118. The number of fused-ring (bicyclic) bond motifs is 1. The van der Waals surface area contributed by atoms with Crippen molar-refractivity contribution in [3.05, 3.63) is 46.2 Å². The number of carboxylic acid groups (broad SMARTS) is 1. The van der Waals surface area contributed by atoms with Crippen molar-refractivity contribution in [2.24, 2.45) is 5.41 Å². The van der Waals surface area contributed by atoms with Gasteiger partial charge < -0.3 is 15.4 Å². The molecule has 1 amide bonds. The fraction of sp³-hybridized carbons (Fsp3) is 0.389. The van der Waals surface area contributed by atoms with Crippen LogP contribution in [0.4, 0.5) is 0 Å². The van der Waals surface area contributed by atoms with E-state index in [0.717, 1.165) is 23.7 Å². The van der Waals surface area contributed by atoms with Crippen molar-refractivity contribution in [1.29, 1.82) is 0 Å². The van der Waals surface area contributed by atoms with E-state index in [9.17, 15) is 19.5 Å². The van der Waals surface area contributed by atoms with Crippen LogP contribution in [0.25, 0.3) is 10.9 Å². The topological polar surface area (TPSA) is 99.3 Å². The highest BCUT2D eigenvalue weighted by Crippen LogP contribution is 2.37. The van der Waals surface area contributed by atoms with E-state index in [0.29, 0.717) is 18.4 Å². The molecular weight excluding hydrogens is 308 g/mol. The average Bonchev–Trinajstić information content (AvgIpc) is 3.04. The minimum Gasteiger partial charge on any atom is -0.481 e. The molecule has 24 heavy (non-hydrogen) atoms. The summed E-state index contributed by atoms with van der Waals surface area (Å²) in [4.78, 5) is 38.5. The van der Waals surface area contributed by atoms with Gasteiger partial charge in [0.1, 0.15) is 0 Å². The quantitative estimate of drug-likeness (QED) is 0.779. The van der Waals surface area contributed by atoms with Crippen molar-refractivity contribution in [3.63, 3.8) is 0 Å². The molecule has 1 aromatic heterocycles. The Labute approximate surface area is 138 Å². The van der Waals surface area contributed by atoms with Crippen molar-refractivity contribution >= 4 is 22.8 Å². The van der Waals surface area contributed by atoms with Crippen molar-refractivity contribution in [2.75, 3.05) is 6.54 Å². The van der Waals surface area contributed by atoms with E-state index in [1.807, 2.05) is 18.2 Å². The van der Waals surface area contributed by atoms with Crippen LogP contribution in [-0.4, -0.2) is 28.5 Å². The Bertz CT molecular complexity index is 834. The molecular formula is C18H20N2O4. The highest BCUT2D eigenvalue weighted by molar-refractivity contribution is 5.83. The van der Waals surface area contributed by atoms with E-state index >= 15 is 0 Å². The summed E-state index contributed by atoms with van der Waals surface area (Å²) >= 11 is 0. The molecule has 6 nitrogen and oxygen atoms in total. The number of rotatable bonds is 5. The minimum absolute atomic E-state index is 0.0597. The second-order valence-electron chi connectivity index (χ2n) is 6.46. The van der Waals surface area contributed by atoms with Gasteiger partial charge in [-0.05, 0) is 30.4 Å². The number of aromatic amines is 1. The number of carboxylic acids is 1. The van der Waals surface area contributed by atoms with Crippen LogP contribution in [0.1, 0.15) is 31.2 Å². The van der Waals surface area contributed by atoms with Gasteiger partial charge in [0.25, 0.3) is 5.56 Å². The molecule has 6 heteroatoms. The van der Waals surface area contributed by atoms with Gasteiger partial charge in [-0.3, -0.25) is 14.4 Å². The molecule has 0 bridgehead atoms. The smallest absolute Gasteiger partial charge is 0.311 e. The zero-order valence-electron chi connectivity index (χ0n) is 13.3. The van der Waals surface area contributed by atoms with E-state index < -0.39 is 11.4 Å². The Morgan fingerprint density at radius 1 is 1.21 bits per heavy atom. The van der Waals surface area contributed by atoms with Crippen molar-refractivity contribution in [1.82, 2.24) is 10.3 Å². The van der Waals surface area contributed by atoms with Crippen molar-refractivity contribution in [2.45, 2.75) is 32.1 Å². The maximum atomic E-state index is 12.2. The molecule has 126 valence electrons. The third-order valence-electron chi connectivity index (χ3n) is 4.82. The summed E-state index contributed by atoms with van der Waals surface area (Å²) in [6.07, 6.45) is 2.84. The molecule has 0 spiro atoms. The second-order valence-corrected chi connectivity index (χ2v) is 6.46. The predicted molar refractivity (Wildman–Crippen MR) is 89.8 cm³/mol. The summed E-state index contributed by atoms with van der Waals surface area (Å²) in [5, 5.41) is 13.0. The Morgan fingerprint density at radius 2 is 1.92 bits per heavy atom. The van der Waals surface area contributed by atoms with Gasteiger partial charge in [-0.1, -0.05) is 31.0 Å². The number of H-pyrrole nitrogens is 1. The average molecular weight is 328 g/mol. The number of amides is 1. The lowest BCUT2D eigenvalue weighted by molar-refractivity contribution is -0.148. The third-order valence-corrected chi connectivity index (χ3v) is 4.82. The molecule has 0 radical (unpaired) electrons. The van der Waals surface area contributed by atoms with Crippen LogP contribution in [-0.2, 0) is 16.0 Å². The normalized spacial score (nSPS) is 16.2. The molecule has 3 rings (SSSR count). The lowest BCUT2D eigenvalue weighted by atomic mass is 9.86. The van der Waals surface area contributed by atoms with Crippen molar-refractivity contribution < 1.29 is 14.7 Å². The number of carbonyl (C=O) groups is 2. The first-order chi connectivity index (χ1) is 11.5. The van der Waals surface area contributed by atoms with Gasteiger partial charge in [-0.25, -0.2) is 0 Å². The number of para-hydroxylation sites is 1. The minimum atomic E-state index is -0.858. The largest absolute Gasteiger partial charge is 0.481 e. The SMILES string of the molecule is O=C(Cc1cc2ccccc2[nH]c1=O)NCC1(C(=O)O)CCCC1. The molecule has 1 aliphatic rings. The van der Waals surface area contributed by atoms with Crippen LogP contribution in [0.3, 0.4) is 0 Å². The molecule has 0 atom stereocenters. The summed E-state index contributed by atoms with van der Waals surface area (Å²) < 4.78 is 0. The molecule has 1 aliphatic carbocycles. The highest BCUT2D eigenvalue weighted by Gasteiger charge is 2.41. The van der Waals surface area contributed by atoms with Crippen molar-refractivity contribution in [3.8, 4) is 0 Å². The molecule has 0 unspecified atom stereocenters. The number of hydrogen-bond acceptors (Lipinski definition) is 3.